The molecule has 1 atom stereocenters. The van der Waals surface area contributed by atoms with Crippen molar-refractivity contribution >= 4 is 11.9 Å². The molecule has 1 aromatic carbocycles. The minimum Gasteiger partial charge on any atom is -0.465 e. The lowest BCUT2D eigenvalue weighted by Crippen LogP contribution is -2.31. The molecule has 86 valence electrons. The van der Waals surface area contributed by atoms with E-state index in [1.165, 1.54) is 7.11 Å². The quantitative estimate of drug-likeness (QED) is 0.714. The summed E-state index contributed by atoms with van der Waals surface area (Å²) in [5.41, 5.74) is 6.36. The number of benzene rings is 1. The summed E-state index contributed by atoms with van der Waals surface area (Å²) in [5.74, 6) is -0.875. The Morgan fingerprint density at radius 2 is 1.88 bits per heavy atom. The van der Waals surface area contributed by atoms with Crippen molar-refractivity contribution in [2.75, 3.05) is 14.2 Å². The summed E-state index contributed by atoms with van der Waals surface area (Å²) in [6, 6.07) is 5.96. The SMILES string of the molecule is CNC(C(N)=O)c1ccc(C(=O)OC)cc1. The Labute approximate surface area is 93.6 Å². The summed E-state index contributed by atoms with van der Waals surface area (Å²) in [4.78, 5) is 22.2. The summed E-state index contributed by atoms with van der Waals surface area (Å²) in [5, 5.41) is 2.79. The maximum absolute atomic E-state index is 11.2. The molecule has 0 saturated heterocycles. The number of rotatable bonds is 4. The van der Waals surface area contributed by atoms with Crippen LogP contribution in [0.15, 0.2) is 24.3 Å². The molecule has 0 saturated carbocycles. The summed E-state index contributed by atoms with van der Waals surface area (Å²) in [7, 11) is 2.96. The van der Waals surface area contributed by atoms with Crippen LogP contribution < -0.4 is 11.1 Å². The Bertz CT molecular complexity index is 387. The van der Waals surface area contributed by atoms with Gasteiger partial charge in [-0.25, -0.2) is 4.79 Å². The molecule has 0 radical (unpaired) electrons. The Kier molecular flexibility index (Phi) is 4.02. The van der Waals surface area contributed by atoms with Gasteiger partial charge < -0.3 is 15.8 Å². The Morgan fingerprint density at radius 3 is 2.25 bits per heavy atom. The first-order chi connectivity index (χ1) is 7.60. The molecule has 0 aliphatic heterocycles. The van der Waals surface area contributed by atoms with Crippen LogP contribution in [0, 0.1) is 0 Å². The highest BCUT2D eigenvalue weighted by molar-refractivity contribution is 5.89. The Balaban J connectivity index is 2.93. The standard InChI is InChI=1S/C11H14N2O3/c1-13-9(10(12)14)7-3-5-8(6-4-7)11(15)16-2/h3-6,9,13H,1-2H3,(H2,12,14). The molecule has 1 unspecified atom stereocenters. The van der Waals surface area contributed by atoms with Gasteiger partial charge in [0, 0.05) is 0 Å². The van der Waals surface area contributed by atoms with Crippen molar-refractivity contribution in [2.45, 2.75) is 6.04 Å². The summed E-state index contributed by atoms with van der Waals surface area (Å²) < 4.78 is 4.56. The number of hydrogen-bond donors (Lipinski definition) is 2. The van der Waals surface area contributed by atoms with Gasteiger partial charge in [0.05, 0.1) is 12.7 Å². The third-order valence-corrected chi connectivity index (χ3v) is 2.24. The van der Waals surface area contributed by atoms with E-state index in [-0.39, 0.29) is 0 Å². The van der Waals surface area contributed by atoms with E-state index >= 15 is 0 Å². The monoisotopic (exact) mass is 222 g/mol. The van der Waals surface area contributed by atoms with E-state index in [4.69, 9.17) is 5.73 Å². The molecule has 1 aromatic rings. The number of nitrogens with one attached hydrogen (secondary N) is 1. The van der Waals surface area contributed by atoms with Crippen molar-refractivity contribution in [1.29, 1.82) is 0 Å². The molecule has 5 nitrogen and oxygen atoms in total. The number of carbonyl (C=O) groups is 2. The fourth-order valence-corrected chi connectivity index (χ4v) is 1.40. The zero-order valence-corrected chi connectivity index (χ0v) is 9.19. The molecule has 0 aliphatic rings. The molecule has 3 N–H and O–H groups in total. The zero-order chi connectivity index (χ0) is 12.1. The van der Waals surface area contributed by atoms with E-state index < -0.39 is 17.9 Å². The molecule has 1 amide bonds. The van der Waals surface area contributed by atoms with E-state index in [2.05, 4.69) is 10.1 Å². The van der Waals surface area contributed by atoms with Gasteiger partial charge in [-0.05, 0) is 24.7 Å². The van der Waals surface area contributed by atoms with Crippen LogP contribution in [-0.4, -0.2) is 26.0 Å². The number of ether oxygens (including phenoxy) is 1. The minimum absolute atomic E-state index is 0.411. The van der Waals surface area contributed by atoms with Crippen LogP contribution in [0.1, 0.15) is 22.0 Å². The molecule has 0 aliphatic carbocycles. The second-order valence-electron chi connectivity index (χ2n) is 3.24. The number of amides is 1. The number of methoxy groups -OCH3 is 1. The van der Waals surface area contributed by atoms with Crippen LogP contribution in [-0.2, 0) is 9.53 Å². The first-order valence-electron chi connectivity index (χ1n) is 4.75. The van der Waals surface area contributed by atoms with Crippen molar-refractivity contribution in [3.63, 3.8) is 0 Å². The second kappa shape index (κ2) is 5.27. The lowest BCUT2D eigenvalue weighted by atomic mass is 10.0. The minimum atomic E-state index is -0.549. The van der Waals surface area contributed by atoms with E-state index in [0.717, 1.165) is 0 Å². The first-order valence-corrected chi connectivity index (χ1v) is 4.75. The molecule has 5 heteroatoms. The van der Waals surface area contributed by atoms with Crippen molar-refractivity contribution in [2.24, 2.45) is 5.73 Å². The number of carbonyl (C=O) groups excluding carboxylic acids is 2. The predicted molar refractivity (Wildman–Crippen MR) is 58.8 cm³/mol. The molecule has 0 spiro atoms. The number of hydrogen-bond acceptors (Lipinski definition) is 4. The van der Waals surface area contributed by atoms with Crippen molar-refractivity contribution in [3.05, 3.63) is 35.4 Å². The first kappa shape index (κ1) is 12.2. The number of likely N-dealkylation sites (N-methyl/N-ethyl adjacent to an activating group) is 1. The van der Waals surface area contributed by atoms with Crippen LogP contribution >= 0.6 is 0 Å². The van der Waals surface area contributed by atoms with Crippen LogP contribution in [0.3, 0.4) is 0 Å². The zero-order valence-electron chi connectivity index (χ0n) is 9.19. The highest BCUT2D eigenvalue weighted by atomic mass is 16.5. The third-order valence-electron chi connectivity index (χ3n) is 2.24. The van der Waals surface area contributed by atoms with E-state index in [9.17, 15) is 9.59 Å². The molecular weight excluding hydrogens is 208 g/mol. The van der Waals surface area contributed by atoms with Crippen LogP contribution in [0.2, 0.25) is 0 Å². The second-order valence-corrected chi connectivity index (χ2v) is 3.24. The molecule has 1 rings (SSSR count). The predicted octanol–water partition coefficient (Wildman–Crippen LogP) is 0.219. The molecule has 0 heterocycles. The highest BCUT2D eigenvalue weighted by Gasteiger charge is 2.15. The fourth-order valence-electron chi connectivity index (χ4n) is 1.40. The smallest absolute Gasteiger partial charge is 0.337 e. The van der Waals surface area contributed by atoms with E-state index in [1.807, 2.05) is 0 Å². The van der Waals surface area contributed by atoms with Crippen LogP contribution in [0.4, 0.5) is 0 Å². The maximum atomic E-state index is 11.2. The number of nitrogens with two attached hydrogens (primary N) is 1. The van der Waals surface area contributed by atoms with Gasteiger partial charge in [0.2, 0.25) is 5.91 Å². The third kappa shape index (κ3) is 2.58. The van der Waals surface area contributed by atoms with Gasteiger partial charge in [-0.15, -0.1) is 0 Å². The topological polar surface area (TPSA) is 81.4 Å². The van der Waals surface area contributed by atoms with Gasteiger partial charge in [0.1, 0.15) is 6.04 Å². The average Bonchev–Trinajstić information content (AvgIpc) is 2.29. The normalized spacial score (nSPS) is 11.9. The van der Waals surface area contributed by atoms with Gasteiger partial charge in [-0.1, -0.05) is 12.1 Å². The summed E-state index contributed by atoms with van der Waals surface area (Å²) in [6.07, 6.45) is 0. The largest absolute Gasteiger partial charge is 0.465 e. The van der Waals surface area contributed by atoms with Crippen LogP contribution in [0.5, 0.6) is 0 Å². The average molecular weight is 222 g/mol. The molecule has 0 bridgehead atoms. The van der Waals surface area contributed by atoms with Crippen molar-refractivity contribution < 1.29 is 14.3 Å². The highest BCUT2D eigenvalue weighted by Crippen LogP contribution is 2.13. The molecule has 0 aromatic heterocycles. The van der Waals surface area contributed by atoms with Crippen LogP contribution in [0.25, 0.3) is 0 Å². The van der Waals surface area contributed by atoms with E-state index in [0.29, 0.717) is 11.1 Å². The fraction of sp³-hybridized carbons (Fsp3) is 0.273. The van der Waals surface area contributed by atoms with E-state index in [1.54, 1.807) is 31.3 Å². The molecule has 16 heavy (non-hydrogen) atoms. The number of esters is 1. The molecular formula is C11H14N2O3. The van der Waals surface area contributed by atoms with Gasteiger partial charge in [-0.2, -0.15) is 0 Å². The molecule has 0 fully saturated rings. The summed E-state index contributed by atoms with van der Waals surface area (Å²) >= 11 is 0. The number of primary amides is 1. The summed E-state index contributed by atoms with van der Waals surface area (Å²) in [6.45, 7) is 0. The lowest BCUT2D eigenvalue weighted by molar-refractivity contribution is -0.120. The van der Waals surface area contributed by atoms with Gasteiger partial charge in [0.25, 0.3) is 0 Å². The van der Waals surface area contributed by atoms with Gasteiger partial charge >= 0.3 is 5.97 Å². The maximum Gasteiger partial charge on any atom is 0.337 e. The Morgan fingerprint density at radius 1 is 1.31 bits per heavy atom. The van der Waals surface area contributed by atoms with Crippen molar-refractivity contribution in [3.8, 4) is 0 Å². The van der Waals surface area contributed by atoms with Gasteiger partial charge in [-0.3, -0.25) is 4.79 Å². The van der Waals surface area contributed by atoms with Gasteiger partial charge in [0.15, 0.2) is 0 Å². The Hall–Kier alpha value is -1.88. The van der Waals surface area contributed by atoms with Crippen molar-refractivity contribution in [1.82, 2.24) is 5.32 Å². The lowest BCUT2D eigenvalue weighted by Gasteiger charge is -2.12.